The van der Waals surface area contributed by atoms with Crippen molar-refractivity contribution in [1.82, 2.24) is 0 Å². The highest BCUT2D eigenvalue weighted by Gasteiger charge is 2.19. The van der Waals surface area contributed by atoms with Crippen molar-refractivity contribution in [2.45, 2.75) is 6.42 Å². The molecule has 0 saturated heterocycles. The smallest absolute Gasteiger partial charge is 0.0355 e. The number of benzene rings is 4. The Kier molecular flexibility index (Phi) is 3.35. The first-order chi connectivity index (χ1) is 13.3. The Morgan fingerprint density at radius 2 is 1.33 bits per heavy atom. The van der Waals surface area contributed by atoms with Crippen LogP contribution in [0.1, 0.15) is 11.1 Å². The van der Waals surface area contributed by atoms with Crippen molar-refractivity contribution in [3.63, 3.8) is 0 Å². The summed E-state index contributed by atoms with van der Waals surface area (Å²) < 4.78 is 3.88. The van der Waals surface area contributed by atoms with Crippen LogP contribution in [0.15, 0.2) is 83.3 Å². The second-order valence-corrected chi connectivity index (χ2v) is 9.16. The lowest BCUT2D eigenvalue weighted by Crippen LogP contribution is -1.83. The van der Waals surface area contributed by atoms with E-state index >= 15 is 0 Å². The molecule has 0 unspecified atom stereocenters. The normalized spacial score (nSPS) is 12.5. The predicted molar refractivity (Wildman–Crippen MR) is 121 cm³/mol. The van der Waals surface area contributed by atoms with Gasteiger partial charge in [0.1, 0.15) is 0 Å². The van der Waals surface area contributed by atoms with Gasteiger partial charge in [-0.3, -0.25) is 0 Å². The minimum absolute atomic E-state index is 1.02. The van der Waals surface area contributed by atoms with E-state index in [1.165, 1.54) is 53.6 Å². The zero-order chi connectivity index (χ0) is 18.0. The largest absolute Gasteiger partial charge is 0.135 e. The molecule has 0 saturated carbocycles. The van der Waals surface area contributed by atoms with Gasteiger partial charge in [-0.15, -0.1) is 11.3 Å². The number of rotatable bonds is 1. The van der Waals surface area contributed by atoms with E-state index in [2.05, 4.69) is 94.8 Å². The van der Waals surface area contributed by atoms with Crippen LogP contribution in [0.2, 0.25) is 0 Å². The third-order valence-corrected chi connectivity index (χ3v) is 7.20. The van der Waals surface area contributed by atoms with Crippen molar-refractivity contribution in [1.29, 1.82) is 0 Å². The van der Waals surface area contributed by atoms with Crippen LogP contribution in [-0.2, 0) is 6.42 Å². The standard InChI is InChI=1S/C25H15BrS/c26-19-7-9-21-18(13-19)12-17-11-15(5-8-20(17)21)16-6-10-25-23(14-16)22-3-1-2-4-24(22)27-25/h1-11,13-14H,12H2. The molecule has 0 radical (unpaired) electrons. The number of hydrogen-bond acceptors (Lipinski definition) is 1. The van der Waals surface area contributed by atoms with Crippen LogP contribution in [0, 0.1) is 0 Å². The van der Waals surface area contributed by atoms with Crippen LogP contribution >= 0.6 is 27.3 Å². The molecule has 0 aliphatic heterocycles. The Hall–Kier alpha value is -2.42. The maximum absolute atomic E-state index is 3.60. The summed E-state index contributed by atoms with van der Waals surface area (Å²) in [6, 6.07) is 29.1. The molecule has 5 aromatic rings. The maximum atomic E-state index is 3.60. The molecule has 128 valence electrons. The van der Waals surface area contributed by atoms with Crippen LogP contribution in [0.25, 0.3) is 42.4 Å². The average Bonchev–Trinajstić information content (AvgIpc) is 3.24. The lowest BCUT2D eigenvalue weighted by Gasteiger charge is -2.06. The van der Waals surface area contributed by atoms with Gasteiger partial charge in [0.2, 0.25) is 0 Å². The Labute approximate surface area is 170 Å². The summed E-state index contributed by atoms with van der Waals surface area (Å²) in [7, 11) is 0. The first-order valence-electron chi connectivity index (χ1n) is 9.10. The molecule has 0 spiro atoms. The minimum atomic E-state index is 1.02. The van der Waals surface area contributed by atoms with Gasteiger partial charge >= 0.3 is 0 Å². The first-order valence-corrected chi connectivity index (χ1v) is 10.7. The van der Waals surface area contributed by atoms with Crippen LogP contribution in [0.5, 0.6) is 0 Å². The summed E-state index contributed by atoms with van der Waals surface area (Å²) >= 11 is 5.47. The Morgan fingerprint density at radius 1 is 0.630 bits per heavy atom. The van der Waals surface area contributed by atoms with Crippen molar-refractivity contribution in [3.05, 3.63) is 94.5 Å². The van der Waals surface area contributed by atoms with E-state index in [1.807, 2.05) is 11.3 Å². The zero-order valence-electron chi connectivity index (χ0n) is 14.5. The topological polar surface area (TPSA) is 0 Å². The van der Waals surface area contributed by atoms with E-state index in [0.29, 0.717) is 0 Å². The molecular weight excluding hydrogens is 412 g/mol. The van der Waals surface area contributed by atoms with Gasteiger partial charge in [0.15, 0.2) is 0 Å². The minimum Gasteiger partial charge on any atom is -0.135 e. The maximum Gasteiger partial charge on any atom is 0.0355 e. The molecule has 0 amide bonds. The first kappa shape index (κ1) is 15.6. The van der Waals surface area contributed by atoms with Crippen molar-refractivity contribution >= 4 is 47.4 Å². The van der Waals surface area contributed by atoms with Gasteiger partial charge in [0, 0.05) is 24.6 Å². The zero-order valence-corrected chi connectivity index (χ0v) is 16.9. The molecule has 1 heterocycles. The van der Waals surface area contributed by atoms with Gasteiger partial charge in [-0.2, -0.15) is 0 Å². The second-order valence-electron chi connectivity index (χ2n) is 7.16. The summed E-state index contributed by atoms with van der Waals surface area (Å²) in [6.07, 6.45) is 1.02. The molecule has 1 aliphatic carbocycles. The Balaban J connectivity index is 1.49. The van der Waals surface area contributed by atoms with Gasteiger partial charge in [0.05, 0.1) is 0 Å². The van der Waals surface area contributed by atoms with Gasteiger partial charge in [-0.25, -0.2) is 0 Å². The monoisotopic (exact) mass is 426 g/mol. The third kappa shape index (κ3) is 2.40. The molecule has 0 atom stereocenters. The molecule has 0 bridgehead atoms. The molecule has 1 aliphatic rings. The quantitative estimate of drug-likeness (QED) is 0.249. The fourth-order valence-corrected chi connectivity index (χ4v) is 5.76. The summed E-state index contributed by atoms with van der Waals surface area (Å²) in [5.74, 6) is 0. The Bertz CT molecular complexity index is 1360. The van der Waals surface area contributed by atoms with Crippen LogP contribution < -0.4 is 0 Å². The van der Waals surface area contributed by atoms with Crippen molar-refractivity contribution < 1.29 is 0 Å². The van der Waals surface area contributed by atoms with Crippen LogP contribution in [0.4, 0.5) is 0 Å². The van der Waals surface area contributed by atoms with E-state index in [9.17, 15) is 0 Å². The molecule has 6 rings (SSSR count). The highest BCUT2D eigenvalue weighted by molar-refractivity contribution is 9.10. The molecular formula is C25H15BrS. The molecule has 4 aromatic carbocycles. The van der Waals surface area contributed by atoms with Gasteiger partial charge in [-0.05, 0) is 70.1 Å². The molecule has 0 fully saturated rings. The molecule has 0 nitrogen and oxygen atoms in total. The predicted octanol–water partition coefficient (Wildman–Crippen LogP) is 8.06. The van der Waals surface area contributed by atoms with Crippen molar-refractivity contribution in [3.8, 4) is 22.3 Å². The highest BCUT2D eigenvalue weighted by atomic mass is 79.9. The van der Waals surface area contributed by atoms with Crippen LogP contribution in [-0.4, -0.2) is 0 Å². The van der Waals surface area contributed by atoms with Gasteiger partial charge < -0.3 is 0 Å². The average molecular weight is 427 g/mol. The molecule has 1 aromatic heterocycles. The number of fused-ring (bicyclic) bond motifs is 6. The van der Waals surface area contributed by atoms with Gasteiger partial charge in [0.25, 0.3) is 0 Å². The lowest BCUT2D eigenvalue weighted by molar-refractivity contribution is 1.26. The summed E-state index contributed by atoms with van der Waals surface area (Å²) in [5, 5.41) is 2.72. The number of hydrogen-bond donors (Lipinski definition) is 0. The van der Waals surface area contributed by atoms with Crippen molar-refractivity contribution in [2.75, 3.05) is 0 Å². The fourth-order valence-electron chi connectivity index (χ4n) is 4.26. The molecule has 27 heavy (non-hydrogen) atoms. The lowest BCUT2D eigenvalue weighted by atomic mass is 9.98. The molecule has 2 heteroatoms. The summed E-state index contributed by atoms with van der Waals surface area (Å²) in [5.41, 5.74) is 8.19. The van der Waals surface area contributed by atoms with E-state index in [4.69, 9.17) is 0 Å². The second kappa shape index (κ2) is 5.79. The highest BCUT2D eigenvalue weighted by Crippen LogP contribution is 2.41. The molecule has 0 N–H and O–H groups in total. The third-order valence-electron chi connectivity index (χ3n) is 5.55. The van der Waals surface area contributed by atoms with Crippen molar-refractivity contribution in [2.24, 2.45) is 0 Å². The van der Waals surface area contributed by atoms with E-state index in [0.717, 1.165) is 10.9 Å². The number of halogens is 1. The van der Waals surface area contributed by atoms with E-state index in [-0.39, 0.29) is 0 Å². The summed E-state index contributed by atoms with van der Waals surface area (Å²) in [4.78, 5) is 0. The fraction of sp³-hybridized carbons (Fsp3) is 0.0400. The van der Waals surface area contributed by atoms with Crippen LogP contribution in [0.3, 0.4) is 0 Å². The van der Waals surface area contributed by atoms with Gasteiger partial charge in [-0.1, -0.05) is 64.5 Å². The summed E-state index contributed by atoms with van der Waals surface area (Å²) in [6.45, 7) is 0. The van der Waals surface area contributed by atoms with E-state index < -0.39 is 0 Å². The number of thiophene rings is 1. The Morgan fingerprint density at radius 3 is 2.26 bits per heavy atom. The van der Waals surface area contributed by atoms with E-state index in [1.54, 1.807) is 0 Å². The SMILES string of the molecule is Brc1ccc2c(c1)Cc1cc(-c3ccc4sc5ccccc5c4c3)ccc1-2.